The van der Waals surface area contributed by atoms with Gasteiger partial charge in [-0.3, -0.25) is 0 Å². The van der Waals surface area contributed by atoms with Gasteiger partial charge in [0.05, 0.1) is 6.54 Å². The molecule has 21 heavy (non-hydrogen) atoms. The lowest BCUT2D eigenvalue weighted by atomic mass is 9.94. The van der Waals surface area contributed by atoms with Gasteiger partial charge in [0.1, 0.15) is 6.04 Å². The van der Waals surface area contributed by atoms with Gasteiger partial charge in [-0.2, -0.15) is 0 Å². The molecule has 3 rings (SSSR count). The van der Waals surface area contributed by atoms with E-state index in [1.807, 2.05) is 0 Å². The molecule has 5 heteroatoms. The zero-order chi connectivity index (χ0) is 15.0. The molecule has 1 aliphatic heterocycles. The van der Waals surface area contributed by atoms with E-state index in [2.05, 4.69) is 5.92 Å². The van der Waals surface area contributed by atoms with E-state index in [1.54, 1.807) is 9.80 Å². The van der Waals surface area contributed by atoms with Crippen LogP contribution in [0.2, 0.25) is 0 Å². The monoisotopic (exact) mass is 290 g/mol. The average Bonchev–Trinajstić information content (AvgIpc) is 3.00. The Kier molecular flexibility index (Phi) is 3.79. The number of carbonyl (C=O) groups excluding carboxylic acids is 1. The summed E-state index contributed by atoms with van der Waals surface area (Å²) in [6, 6.07) is -0.842. The predicted octanol–water partition coefficient (Wildman–Crippen LogP) is 1.64. The molecule has 0 radical (unpaired) electrons. The van der Waals surface area contributed by atoms with Crippen molar-refractivity contribution in [3.8, 4) is 12.3 Å². The Labute approximate surface area is 125 Å². The van der Waals surface area contributed by atoms with Gasteiger partial charge in [-0.05, 0) is 43.4 Å². The van der Waals surface area contributed by atoms with Crippen molar-refractivity contribution in [2.75, 3.05) is 19.6 Å². The van der Waals surface area contributed by atoms with Crippen LogP contribution in [0, 0.1) is 30.1 Å². The molecule has 3 fully saturated rings. The van der Waals surface area contributed by atoms with Gasteiger partial charge in [0.15, 0.2) is 0 Å². The quantitative estimate of drug-likeness (QED) is 0.801. The number of nitrogens with zero attached hydrogens (tertiary/aromatic N) is 2. The molecule has 0 aromatic carbocycles. The Morgan fingerprint density at radius 2 is 2.05 bits per heavy atom. The largest absolute Gasteiger partial charge is 0.480 e. The molecule has 0 aromatic rings. The van der Waals surface area contributed by atoms with Crippen molar-refractivity contribution in [3.63, 3.8) is 0 Å². The zero-order valence-corrected chi connectivity index (χ0v) is 12.2. The molecule has 114 valence electrons. The van der Waals surface area contributed by atoms with Crippen molar-refractivity contribution in [2.45, 2.75) is 38.1 Å². The third-order valence-electron chi connectivity index (χ3n) is 5.12. The number of carboxylic acid groups (broad SMARTS) is 1. The van der Waals surface area contributed by atoms with E-state index in [9.17, 15) is 14.7 Å². The number of amides is 2. The number of terminal acetylenes is 1. The van der Waals surface area contributed by atoms with Crippen LogP contribution >= 0.6 is 0 Å². The first-order chi connectivity index (χ1) is 10.1. The maximum Gasteiger partial charge on any atom is 0.326 e. The minimum Gasteiger partial charge on any atom is -0.480 e. The second-order valence-corrected chi connectivity index (χ2v) is 6.60. The first-order valence-electron chi connectivity index (χ1n) is 7.83. The van der Waals surface area contributed by atoms with Crippen LogP contribution in [0.15, 0.2) is 0 Å². The van der Waals surface area contributed by atoms with E-state index >= 15 is 0 Å². The Hall–Kier alpha value is -1.70. The van der Waals surface area contributed by atoms with E-state index in [4.69, 9.17) is 6.42 Å². The van der Waals surface area contributed by atoms with Crippen molar-refractivity contribution in [3.05, 3.63) is 0 Å². The lowest BCUT2D eigenvalue weighted by molar-refractivity contribution is -0.142. The zero-order valence-electron chi connectivity index (χ0n) is 12.2. The molecule has 5 nitrogen and oxygen atoms in total. The molecule has 0 spiro atoms. The molecule has 1 N–H and O–H groups in total. The number of fused-ring (bicyclic) bond motifs is 1. The predicted molar refractivity (Wildman–Crippen MR) is 77.5 cm³/mol. The molecule has 2 aliphatic carbocycles. The number of hydrogen-bond donors (Lipinski definition) is 1. The molecular formula is C16H22N2O3. The summed E-state index contributed by atoms with van der Waals surface area (Å²) >= 11 is 0. The Bertz CT molecular complexity index is 480. The maximum atomic E-state index is 12.7. The third-order valence-corrected chi connectivity index (χ3v) is 5.12. The second kappa shape index (κ2) is 5.59. The average molecular weight is 290 g/mol. The van der Waals surface area contributed by atoms with E-state index < -0.39 is 12.0 Å². The molecule has 1 heterocycles. The minimum atomic E-state index is -0.871. The first kappa shape index (κ1) is 14.2. The van der Waals surface area contributed by atoms with E-state index in [-0.39, 0.29) is 18.5 Å². The standard InChI is InChI=1S/C16H22N2O3/c1-2-8-17(9-11-6-7-11)16(21)18-10-12-4-3-5-13(12)14(18)15(19)20/h1,11-14H,3-10H2,(H,19,20). The van der Waals surface area contributed by atoms with Gasteiger partial charge in [-0.15, -0.1) is 6.42 Å². The van der Waals surface area contributed by atoms with Gasteiger partial charge in [-0.1, -0.05) is 12.3 Å². The number of rotatable bonds is 4. The van der Waals surface area contributed by atoms with E-state index in [0.717, 1.165) is 32.1 Å². The van der Waals surface area contributed by atoms with Crippen molar-refractivity contribution in [1.82, 2.24) is 9.80 Å². The molecule has 2 saturated carbocycles. The molecule has 3 aliphatic rings. The highest BCUT2D eigenvalue weighted by molar-refractivity contribution is 5.84. The molecule has 2 amide bonds. The van der Waals surface area contributed by atoms with Gasteiger partial charge in [0.25, 0.3) is 0 Å². The SMILES string of the molecule is C#CCN(CC1CC1)C(=O)N1CC2CCCC2C1C(=O)O. The van der Waals surface area contributed by atoms with Gasteiger partial charge < -0.3 is 14.9 Å². The number of carboxylic acids is 1. The third kappa shape index (κ3) is 2.72. The highest BCUT2D eigenvalue weighted by Crippen LogP contribution is 2.42. The van der Waals surface area contributed by atoms with Crippen LogP contribution in [0.25, 0.3) is 0 Å². The van der Waals surface area contributed by atoms with Crippen molar-refractivity contribution in [1.29, 1.82) is 0 Å². The Morgan fingerprint density at radius 1 is 1.29 bits per heavy atom. The highest BCUT2D eigenvalue weighted by Gasteiger charge is 2.50. The number of urea groups is 1. The summed E-state index contributed by atoms with van der Waals surface area (Å²) in [6.07, 6.45) is 10.7. The highest BCUT2D eigenvalue weighted by atomic mass is 16.4. The summed E-state index contributed by atoms with van der Waals surface area (Å²) in [5.41, 5.74) is 0. The maximum absolute atomic E-state index is 12.7. The number of likely N-dealkylation sites (tertiary alicyclic amines) is 1. The summed E-state index contributed by atoms with van der Waals surface area (Å²) in [6.45, 7) is 1.51. The summed E-state index contributed by atoms with van der Waals surface area (Å²) in [5.74, 6) is 2.68. The van der Waals surface area contributed by atoms with Gasteiger partial charge in [0, 0.05) is 13.1 Å². The fourth-order valence-electron chi connectivity index (χ4n) is 3.93. The fourth-order valence-corrected chi connectivity index (χ4v) is 3.93. The van der Waals surface area contributed by atoms with Crippen LogP contribution in [0.4, 0.5) is 4.79 Å². The molecule has 1 saturated heterocycles. The normalized spacial score (nSPS) is 30.8. The summed E-state index contributed by atoms with van der Waals surface area (Å²) in [5, 5.41) is 9.53. The Balaban J connectivity index is 1.75. The number of hydrogen-bond acceptors (Lipinski definition) is 2. The lowest BCUT2D eigenvalue weighted by Gasteiger charge is -2.30. The molecule has 3 atom stereocenters. The van der Waals surface area contributed by atoms with Crippen LogP contribution in [0.5, 0.6) is 0 Å². The summed E-state index contributed by atoms with van der Waals surface area (Å²) < 4.78 is 0. The molecule has 0 bridgehead atoms. The lowest BCUT2D eigenvalue weighted by Crippen LogP contribution is -2.50. The number of carbonyl (C=O) groups is 2. The summed E-state index contributed by atoms with van der Waals surface area (Å²) in [4.78, 5) is 27.6. The fraction of sp³-hybridized carbons (Fsp3) is 0.750. The van der Waals surface area contributed by atoms with E-state index in [1.165, 1.54) is 0 Å². The molecule has 3 unspecified atom stereocenters. The van der Waals surface area contributed by atoms with Gasteiger partial charge in [0.2, 0.25) is 0 Å². The van der Waals surface area contributed by atoms with Crippen LogP contribution in [-0.4, -0.2) is 52.6 Å². The van der Waals surface area contributed by atoms with Gasteiger partial charge >= 0.3 is 12.0 Å². The van der Waals surface area contributed by atoms with Crippen LogP contribution in [-0.2, 0) is 4.79 Å². The first-order valence-corrected chi connectivity index (χ1v) is 7.83. The smallest absolute Gasteiger partial charge is 0.326 e. The van der Waals surface area contributed by atoms with Crippen LogP contribution in [0.3, 0.4) is 0 Å². The van der Waals surface area contributed by atoms with Crippen molar-refractivity contribution < 1.29 is 14.7 Å². The van der Waals surface area contributed by atoms with Crippen LogP contribution < -0.4 is 0 Å². The minimum absolute atomic E-state index is 0.125. The van der Waals surface area contributed by atoms with E-state index in [0.29, 0.717) is 24.9 Å². The van der Waals surface area contributed by atoms with Crippen molar-refractivity contribution in [2.24, 2.45) is 17.8 Å². The van der Waals surface area contributed by atoms with Gasteiger partial charge in [-0.25, -0.2) is 9.59 Å². The summed E-state index contributed by atoms with van der Waals surface area (Å²) in [7, 11) is 0. The Morgan fingerprint density at radius 3 is 2.67 bits per heavy atom. The molecular weight excluding hydrogens is 268 g/mol. The number of aliphatic carboxylic acids is 1. The topological polar surface area (TPSA) is 60.9 Å². The van der Waals surface area contributed by atoms with Crippen molar-refractivity contribution >= 4 is 12.0 Å². The second-order valence-electron chi connectivity index (χ2n) is 6.60. The molecule has 0 aromatic heterocycles. The van der Waals surface area contributed by atoms with Crippen LogP contribution in [0.1, 0.15) is 32.1 Å².